The molecule has 5 nitrogen and oxygen atoms in total. The summed E-state index contributed by atoms with van der Waals surface area (Å²) >= 11 is 5.74. The summed E-state index contributed by atoms with van der Waals surface area (Å²) < 4.78 is 18.4. The van der Waals surface area contributed by atoms with Gasteiger partial charge < -0.3 is 14.2 Å². The number of unbranched alkanes of at least 4 members (excludes halogenated alkanes) is 1. The van der Waals surface area contributed by atoms with Gasteiger partial charge in [-0.1, -0.05) is 13.3 Å². The van der Waals surface area contributed by atoms with E-state index in [-0.39, 0.29) is 5.70 Å². The molecule has 1 heterocycles. The highest BCUT2D eigenvalue weighted by molar-refractivity contribution is 14.1. The van der Waals surface area contributed by atoms with Crippen LogP contribution in [0.4, 0.5) is 0 Å². The lowest BCUT2D eigenvalue weighted by atomic mass is 10.1. The van der Waals surface area contributed by atoms with Crippen molar-refractivity contribution in [3.05, 3.63) is 61.3 Å². The average molecular weight is 556 g/mol. The average Bonchev–Trinajstić information content (AvgIpc) is 3.04. The Morgan fingerprint density at radius 2 is 2.00 bits per heavy atom. The number of aliphatic imine (C=N–C) groups is 1. The predicted molar refractivity (Wildman–Crippen MR) is 121 cm³/mol. The molecule has 146 valence electrons. The number of benzene rings is 2. The molecule has 0 saturated carbocycles. The first-order valence-corrected chi connectivity index (χ1v) is 10.7. The summed E-state index contributed by atoms with van der Waals surface area (Å²) in [6.45, 7) is 2.72. The quantitative estimate of drug-likeness (QED) is 0.193. The van der Waals surface area contributed by atoms with Crippen LogP contribution in [0.3, 0.4) is 0 Å². The molecule has 0 fully saturated rings. The molecule has 7 heteroatoms. The number of esters is 1. The number of nitrogens with zero attached hydrogens (tertiary/aromatic N) is 1. The van der Waals surface area contributed by atoms with E-state index in [0.717, 1.165) is 32.0 Å². The molecule has 0 atom stereocenters. The number of cyclic esters (lactones) is 1. The van der Waals surface area contributed by atoms with Crippen LogP contribution in [0.2, 0.25) is 0 Å². The van der Waals surface area contributed by atoms with Crippen LogP contribution >= 0.6 is 38.5 Å². The van der Waals surface area contributed by atoms with Gasteiger partial charge in [0.05, 0.1) is 18.2 Å². The standard InChI is InChI=1S/C21H19BrINO4/c1-3-4-9-27-19-16(22)10-13(12-18(19)26-2)11-17-21(25)28-20(24-17)14-5-7-15(23)8-6-14/h5-8,10-12H,3-4,9H2,1-2H3/b17-11-. The highest BCUT2D eigenvalue weighted by Gasteiger charge is 2.24. The molecule has 0 amide bonds. The summed E-state index contributed by atoms with van der Waals surface area (Å²) in [5.74, 6) is 1.06. The number of rotatable bonds is 7. The molecule has 28 heavy (non-hydrogen) atoms. The van der Waals surface area contributed by atoms with Gasteiger partial charge in [-0.25, -0.2) is 9.79 Å². The van der Waals surface area contributed by atoms with Crippen molar-refractivity contribution in [2.45, 2.75) is 19.8 Å². The van der Waals surface area contributed by atoms with Gasteiger partial charge in [-0.3, -0.25) is 0 Å². The first kappa shape index (κ1) is 20.9. The van der Waals surface area contributed by atoms with E-state index in [1.165, 1.54) is 0 Å². The fourth-order valence-corrected chi connectivity index (χ4v) is 3.50. The number of halogens is 2. The minimum absolute atomic E-state index is 0.238. The van der Waals surface area contributed by atoms with Gasteiger partial charge in [0.15, 0.2) is 17.2 Å². The van der Waals surface area contributed by atoms with Crippen LogP contribution in [0.1, 0.15) is 30.9 Å². The van der Waals surface area contributed by atoms with E-state index in [1.807, 2.05) is 36.4 Å². The highest BCUT2D eigenvalue weighted by atomic mass is 127. The van der Waals surface area contributed by atoms with Crippen LogP contribution in [0.5, 0.6) is 11.5 Å². The molecule has 0 radical (unpaired) electrons. The van der Waals surface area contributed by atoms with Gasteiger partial charge in [-0.05, 0) is 93.0 Å². The van der Waals surface area contributed by atoms with Crippen molar-refractivity contribution < 1.29 is 19.0 Å². The maximum atomic E-state index is 12.2. The summed E-state index contributed by atoms with van der Waals surface area (Å²) in [6.07, 6.45) is 3.68. The maximum Gasteiger partial charge on any atom is 0.363 e. The van der Waals surface area contributed by atoms with Crippen LogP contribution in [-0.2, 0) is 9.53 Å². The van der Waals surface area contributed by atoms with Crippen LogP contribution < -0.4 is 9.47 Å². The Bertz CT molecular complexity index is 938. The zero-order valence-electron chi connectivity index (χ0n) is 15.5. The molecule has 0 unspecified atom stereocenters. The Hall–Kier alpha value is -1.87. The molecular weight excluding hydrogens is 537 g/mol. The Kier molecular flexibility index (Phi) is 7.12. The molecule has 0 saturated heterocycles. The molecule has 2 aromatic rings. The normalized spacial score (nSPS) is 14.8. The second kappa shape index (κ2) is 9.56. The summed E-state index contributed by atoms with van der Waals surface area (Å²) in [6, 6.07) is 11.3. The topological polar surface area (TPSA) is 57.1 Å². The fourth-order valence-electron chi connectivity index (χ4n) is 2.56. The molecule has 0 aliphatic carbocycles. The van der Waals surface area contributed by atoms with Crippen molar-refractivity contribution >= 4 is 56.5 Å². The monoisotopic (exact) mass is 555 g/mol. The van der Waals surface area contributed by atoms with E-state index in [0.29, 0.717) is 24.0 Å². The van der Waals surface area contributed by atoms with Crippen molar-refractivity contribution in [2.75, 3.05) is 13.7 Å². The third kappa shape index (κ3) is 4.94. The zero-order valence-corrected chi connectivity index (χ0v) is 19.2. The van der Waals surface area contributed by atoms with Crippen molar-refractivity contribution in [3.63, 3.8) is 0 Å². The second-order valence-electron chi connectivity index (χ2n) is 6.08. The van der Waals surface area contributed by atoms with Crippen molar-refractivity contribution in [2.24, 2.45) is 4.99 Å². The third-order valence-corrected chi connectivity index (χ3v) is 5.32. The number of hydrogen-bond donors (Lipinski definition) is 0. The minimum Gasteiger partial charge on any atom is -0.493 e. The number of ether oxygens (including phenoxy) is 3. The third-order valence-electron chi connectivity index (χ3n) is 4.01. The molecule has 0 bridgehead atoms. The molecule has 0 N–H and O–H groups in total. The minimum atomic E-state index is -0.480. The fraction of sp³-hybridized carbons (Fsp3) is 0.238. The first-order chi connectivity index (χ1) is 13.5. The van der Waals surface area contributed by atoms with E-state index < -0.39 is 5.97 Å². The molecule has 3 rings (SSSR count). The molecular formula is C21H19BrINO4. The van der Waals surface area contributed by atoms with Crippen molar-refractivity contribution in [1.29, 1.82) is 0 Å². The van der Waals surface area contributed by atoms with Crippen molar-refractivity contribution in [1.82, 2.24) is 0 Å². The van der Waals surface area contributed by atoms with Crippen LogP contribution in [0, 0.1) is 3.57 Å². The first-order valence-electron chi connectivity index (χ1n) is 8.80. The lowest BCUT2D eigenvalue weighted by Crippen LogP contribution is -2.05. The summed E-state index contributed by atoms with van der Waals surface area (Å²) in [5.41, 5.74) is 1.75. The summed E-state index contributed by atoms with van der Waals surface area (Å²) in [7, 11) is 1.59. The Balaban J connectivity index is 1.88. The smallest absolute Gasteiger partial charge is 0.363 e. The van der Waals surface area contributed by atoms with Gasteiger partial charge >= 0.3 is 5.97 Å². The van der Waals surface area contributed by atoms with Gasteiger partial charge in [0.25, 0.3) is 0 Å². The van der Waals surface area contributed by atoms with E-state index in [4.69, 9.17) is 14.2 Å². The number of methoxy groups -OCH3 is 1. The lowest BCUT2D eigenvalue weighted by Gasteiger charge is -2.13. The van der Waals surface area contributed by atoms with E-state index in [2.05, 4.69) is 50.4 Å². The second-order valence-corrected chi connectivity index (χ2v) is 8.18. The highest BCUT2D eigenvalue weighted by Crippen LogP contribution is 2.37. The largest absolute Gasteiger partial charge is 0.493 e. The van der Waals surface area contributed by atoms with Crippen LogP contribution in [0.25, 0.3) is 6.08 Å². The molecule has 1 aliphatic rings. The number of carbonyl (C=O) groups excluding carboxylic acids is 1. The van der Waals surface area contributed by atoms with E-state index >= 15 is 0 Å². The predicted octanol–water partition coefficient (Wildman–Crippen LogP) is 5.59. The van der Waals surface area contributed by atoms with Crippen molar-refractivity contribution in [3.8, 4) is 11.5 Å². The Morgan fingerprint density at radius 3 is 2.68 bits per heavy atom. The van der Waals surface area contributed by atoms with E-state index in [1.54, 1.807) is 13.2 Å². The van der Waals surface area contributed by atoms with Crippen LogP contribution in [0.15, 0.2) is 51.6 Å². The van der Waals surface area contributed by atoms with Gasteiger partial charge in [0, 0.05) is 9.13 Å². The lowest BCUT2D eigenvalue weighted by molar-refractivity contribution is -0.129. The molecule has 0 aromatic heterocycles. The molecule has 2 aromatic carbocycles. The SMILES string of the molecule is CCCCOc1c(Br)cc(/C=C2\N=C(c3ccc(I)cc3)OC2=O)cc1OC. The van der Waals surface area contributed by atoms with Gasteiger partial charge in [0.1, 0.15) is 0 Å². The van der Waals surface area contributed by atoms with E-state index in [9.17, 15) is 4.79 Å². The Labute approximate surface area is 186 Å². The maximum absolute atomic E-state index is 12.2. The van der Waals surface area contributed by atoms with Gasteiger partial charge in [-0.15, -0.1) is 0 Å². The van der Waals surface area contributed by atoms with Crippen LogP contribution in [-0.4, -0.2) is 25.6 Å². The molecule has 0 spiro atoms. The summed E-state index contributed by atoms with van der Waals surface area (Å²) in [5, 5.41) is 0. The van der Waals surface area contributed by atoms with Gasteiger partial charge in [0.2, 0.25) is 5.90 Å². The van der Waals surface area contributed by atoms with Gasteiger partial charge in [-0.2, -0.15) is 0 Å². The molecule has 1 aliphatic heterocycles. The number of hydrogen-bond acceptors (Lipinski definition) is 5. The summed E-state index contributed by atoms with van der Waals surface area (Å²) in [4.78, 5) is 16.6. The zero-order chi connectivity index (χ0) is 20.1. The number of carbonyl (C=O) groups is 1. The Morgan fingerprint density at radius 1 is 1.25 bits per heavy atom.